The van der Waals surface area contributed by atoms with Crippen LogP contribution in [0.3, 0.4) is 0 Å². The molecule has 0 saturated carbocycles. The van der Waals surface area contributed by atoms with Crippen molar-refractivity contribution < 1.29 is 4.57 Å². The molecule has 0 amide bonds. The number of hydrogen-bond donors (Lipinski definition) is 0. The molecule has 0 fully saturated rings. The SMILES string of the molecule is CCC(C)c1cc(-c2ccccc2C)[n+](C)cc1[Si](C)(C)C. The highest BCUT2D eigenvalue weighted by Crippen LogP contribution is 2.25. The van der Waals surface area contributed by atoms with Crippen LogP contribution in [0, 0.1) is 6.92 Å². The number of nitrogens with zero attached hydrogens (tertiary/aromatic N) is 1. The fraction of sp³-hybridized carbons (Fsp3) is 0.450. The highest BCUT2D eigenvalue weighted by molar-refractivity contribution is 6.89. The Morgan fingerprint density at radius 3 is 2.32 bits per heavy atom. The molecule has 0 aliphatic heterocycles. The number of rotatable bonds is 4. The van der Waals surface area contributed by atoms with Crippen molar-refractivity contribution in [2.45, 2.75) is 52.8 Å². The molecule has 1 aromatic heterocycles. The van der Waals surface area contributed by atoms with Crippen LogP contribution in [0.4, 0.5) is 0 Å². The van der Waals surface area contributed by atoms with Gasteiger partial charge in [0.25, 0.3) is 0 Å². The summed E-state index contributed by atoms with van der Waals surface area (Å²) in [6.45, 7) is 14.2. The molecule has 2 rings (SSSR count). The first-order valence-electron chi connectivity index (χ1n) is 8.35. The summed E-state index contributed by atoms with van der Waals surface area (Å²) in [5.74, 6) is 0.616. The Balaban J connectivity index is 2.71. The molecule has 118 valence electrons. The van der Waals surface area contributed by atoms with Crippen LogP contribution in [-0.2, 0) is 7.05 Å². The number of benzene rings is 1. The minimum absolute atomic E-state index is 0.616. The monoisotopic (exact) mass is 312 g/mol. The van der Waals surface area contributed by atoms with E-state index < -0.39 is 8.07 Å². The van der Waals surface area contributed by atoms with Crippen molar-refractivity contribution in [3.05, 3.63) is 47.7 Å². The Bertz CT molecular complexity index is 668. The summed E-state index contributed by atoms with van der Waals surface area (Å²) in [6.07, 6.45) is 3.59. The summed E-state index contributed by atoms with van der Waals surface area (Å²) >= 11 is 0. The fourth-order valence-electron chi connectivity index (χ4n) is 3.05. The molecule has 0 aliphatic carbocycles. The number of aryl methyl sites for hydroxylation is 2. The summed E-state index contributed by atoms with van der Waals surface area (Å²) in [5.41, 5.74) is 5.57. The van der Waals surface area contributed by atoms with Crippen LogP contribution in [0.2, 0.25) is 19.6 Å². The summed E-state index contributed by atoms with van der Waals surface area (Å²) in [5, 5.41) is 1.60. The van der Waals surface area contributed by atoms with Gasteiger partial charge in [-0.1, -0.05) is 51.7 Å². The smallest absolute Gasteiger partial charge is 0.201 e. The van der Waals surface area contributed by atoms with Gasteiger partial charge in [0.15, 0.2) is 6.20 Å². The largest absolute Gasteiger partial charge is 0.212 e. The van der Waals surface area contributed by atoms with Gasteiger partial charge in [0.1, 0.15) is 7.05 Å². The zero-order chi connectivity index (χ0) is 16.5. The first kappa shape index (κ1) is 16.9. The molecular weight excluding hydrogens is 282 g/mol. The van der Waals surface area contributed by atoms with E-state index in [1.54, 1.807) is 10.8 Å². The van der Waals surface area contributed by atoms with Gasteiger partial charge in [-0.05, 0) is 36.5 Å². The van der Waals surface area contributed by atoms with E-state index in [-0.39, 0.29) is 0 Å². The van der Waals surface area contributed by atoms with Gasteiger partial charge in [-0.3, -0.25) is 0 Å². The maximum atomic E-state index is 2.45. The van der Waals surface area contributed by atoms with Gasteiger partial charge in [-0.25, -0.2) is 4.57 Å². The van der Waals surface area contributed by atoms with Gasteiger partial charge in [0.2, 0.25) is 5.69 Å². The molecule has 0 spiro atoms. The first-order valence-corrected chi connectivity index (χ1v) is 11.9. The maximum absolute atomic E-state index is 2.45. The summed E-state index contributed by atoms with van der Waals surface area (Å²) < 4.78 is 2.32. The molecule has 2 heteroatoms. The molecule has 0 radical (unpaired) electrons. The first-order chi connectivity index (χ1) is 10.3. The van der Waals surface area contributed by atoms with Gasteiger partial charge in [-0.2, -0.15) is 0 Å². The van der Waals surface area contributed by atoms with Crippen molar-refractivity contribution in [1.29, 1.82) is 0 Å². The molecule has 0 saturated heterocycles. The van der Waals surface area contributed by atoms with E-state index in [1.165, 1.54) is 23.2 Å². The van der Waals surface area contributed by atoms with Crippen LogP contribution >= 0.6 is 0 Å². The van der Waals surface area contributed by atoms with E-state index in [1.807, 2.05) is 0 Å². The summed E-state index contributed by atoms with van der Waals surface area (Å²) in [4.78, 5) is 0. The van der Waals surface area contributed by atoms with Crippen LogP contribution in [0.15, 0.2) is 36.5 Å². The van der Waals surface area contributed by atoms with E-state index >= 15 is 0 Å². The lowest BCUT2D eigenvalue weighted by molar-refractivity contribution is -0.659. The van der Waals surface area contributed by atoms with Crippen molar-refractivity contribution in [2.75, 3.05) is 0 Å². The van der Waals surface area contributed by atoms with E-state index in [2.05, 4.69) is 88.6 Å². The molecule has 0 bridgehead atoms. The number of hydrogen-bond acceptors (Lipinski definition) is 0. The molecule has 1 heterocycles. The van der Waals surface area contributed by atoms with Gasteiger partial charge in [0, 0.05) is 16.8 Å². The molecule has 1 atom stereocenters. The summed E-state index contributed by atoms with van der Waals surface area (Å²) in [7, 11) is 0.840. The van der Waals surface area contributed by atoms with Gasteiger partial charge >= 0.3 is 0 Å². The normalized spacial score (nSPS) is 13.2. The zero-order valence-corrected chi connectivity index (χ0v) is 16.2. The minimum Gasteiger partial charge on any atom is -0.201 e. The van der Waals surface area contributed by atoms with E-state index in [0.717, 1.165) is 0 Å². The molecule has 1 unspecified atom stereocenters. The quantitative estimate of drug-likeness (QED) is 0.576. The second-order valence-electron chi connectivity index (χ2n) is 7.51. The van der Waals surface area contributed by atoms with Crippen molar-refractivity contribution in [2.24, 2.45) is 7.05 Å². The minimum atomic E-state index is -1.35. The molecule has 0 aliphatic rings. The number of pyridine rings is 1. The Labute approximate surface area is 137 Å². The Morgan fingerprint density at radius 2 is 1.77 bits per heavy atom. The van der Waals surface area contributed by atoms with Crippen LogP contribution in [0.1, 0.15) is 37.3 Å². The fourth-order valence-corrected chi connectivity index (χ4v) is 4.81. The molecular formula is C20H30NSi+. The molecule has 1 nitrogen and oxygen atoms in total. The maximum Gasteiger partial charge on any atom is 0.212 e. The van der Waals surface area contributed by atoms with Crippen molar-refractivity contribution >= 4 is 13.3 Å². The Kier molecular flexibility index (Phi) is 4.91. The van der Waals surface area contributed by atoms with E-state index in [4.69, 9.17) is 0 Å². The van der Waals surface area contributed by atoms with Gasteiger partial charge in [0.05, 0.1) is 8.07 Å². The Hall–Kier alpha value is -1.41. The third kappa shape index (κ3) is 3.32. The van der Waals surface area contributed by atoms with Gasteiger partial charge in [-0.15, -0.1) is 0 Å². The molecule has 1 aromatic carbocycles. The third-order valence-electron chi connectivity index (χ3n) is 4.68. The molecule has 0 N–H and O–H groups in total. The van der Waals surface area contributed by atoms with Gasteiger partial charge < -0.3 is 0 Å². The highest BCUT2D eigenvalue weighted by atomic mass is 28.3. The topological polar surface area (TPSA) is 3.88 Å². The van der Waals surface area contributed by atoms with Crippen molar-refractivity contribution in [1.82, 2.24) is 0 Å². The van der Waals surface area contributed by atoms with E-state index in [9.17, 15) is 0 Å². The van der Waals surface area contributed by atoms with Crippen molar-refractivity contribution in [3.63, 3.8) is 0 Å². The molecule has 22 heavy (non-hydrogen) atoms. The number of aromatic nitrogens is 1. The second kappa shape index (κ2) is 6.37. The van der Waals surface area contributed by atoms with Crippen LogP contribution in [-0.4, -0.2) is 8.07 Å². The average Bonchev–Trinajstić information content (AvgIpc) is 2.46. The lowest BCUT2D eigenvalue weighted by atomic mass is 9.96. The average molecular weight is 313 g/mol. The lowest BCUT2D eigenvalue weighted by Crippen LogP contribution is -2.47. The standard InChI is InChI=1S/C20H30NSi/c1-8-15(2)18-13-19(17-12-10-9-11-16(17)3)21(4)14-20(18)22(5,6)7/h9-15H,8H2,1-7H3/q+1. The van der Waals surface area contributed by atoms with Crippen molar-refractivity contribution in [3.8, 4) is 11.3 Å². The predicted molar refractivity (Wildman–Crippen MR) is 99.5 cm³/mol. The van der Waals surface area contributed by atoms with Crippen LogP contribution in [0.5, 0.6) is 0 Å². The lowest BCUT2D eigenvalue weighted by Gasteiger charge is -2.23. The predicted octanol–water partition coefficient (Wildman–Crippen LogP) is 4.55. The highest BCUT2D eigenvalue weighted by Gasteiger charge is 2.27. The summed E-state index contributed by atoms with van der Waals surface area (Å²) in [6, 6.07) is 11.1. The van der Waals surface area contributed by atoms with E-state index in [0.29, 0.717) is 5.92 Å². The van der Waals surface area contributed by atoms with Crippen LogP contribution in [0.25, 0.3) is 11.3 Å². The second-order valence-corrected chi connectivity index (χ2v) is 12.6. The zero-order valence-electron chi connectivity index (χ0n) is 15.2. The molecule has 2 aromatic rings. The third-order valence-corrected chi connectivity index (χ3v) is 6.71. The Morgan fingerprint density at radius 1 is 1.14 bits per heavy atom. The van der Waals surface area contributed by atoms with Crippen LogP contribution < -0.4 is 9.75 Å².